The van der Waals surface area contributed by atoms with Crippen molar-refractivity contribution in [2.45, 2.75) is 51.4 Å². The minimum absolute atomic E-state index is 0.277. The average Bonchev–Trinajstić information content (AvgIpc) is 3.52. The highest BCUT2D eigenvalue weighted by molar-refractivity contribution is 5.63. The van der Waals surface area contributed by atoms with Crippen LogP contribution in [-0.4, -0.2) is 115 Å². The Morgan fingerprint density at radius 1 is 1.00 bits per heavy atom. The fraction of sp³-hybridized carbons (Fsp3) is 0.704. The smallest absolute Gasteiger partial charge is 0.300 e. The zero-order chi connectivity index (χ0) is 27.7. The molecule has 11 heteroatoms. The van der Waals surface area contributed by atoms with Gasteiger partial charge in [0.2, 0.25) is 0 Å². The van der Waals surface area contributed by atoms with E-state index in [-0.39, 0.29) is 6.61 Å². The fourth-order valence-electron chi connectivity index (χ4n) is 5.68. The van der Waals surface area contributed by atoms with Gasteiger partial charge in [-0.2, -0.15) is 0 Å². The van der Waals surface area contributed by atoms with Gasteiger partial charge in [-0.15, -0.1) is 0 Å². The summed E-state index contributed by atoms with van der Waals surface area (Å²) in [6.45, 7) is 10.0. The topological polar surface area (TPSA) is 141 Å². The molecule has 214 valence electrons. The second-order valence-corrected chi connectivity index (χ2v) is 10.6. The van der Waals surface area contributed by atoms with Crippen molar-refractivity contribution in [3.05, 3.63) is 23.8 Å². The second kappa shape index (κ2) is 14.6. The average molecular weight is 538 g/mol. The number of rotatable bonds is 8. The Morgan fingerprint density at radius 3 is 2.13 bits per heavy atom. The van der Waals surface area contributed by atoms with Gasteiger partial charge in [0.25, 0.3) is 11.9 Å². The normalized spacial score (nSPS) is 26.8. The molecule has 0 radical (unpaired) electrons. The van der Waals surface area contributed by atoms with Gasteiger partial charge in [0, 0.05) is 77.0 Å². The molecule has 4 heterocycles. The predicted molar refractivity (Wildman–Crippen MR) is 141 cm³/mol. The van der Waals surface area contributed by atoms with Crippen LogP contribution in [0.3, 0.4) is 0 Å². The van der Waals surface area contributed by atoms with E-state index in [1.165, 1.54) is 18.4 Å². The zero-order valence-corrected chi connectivity index (χ0v) is 22.7. The predicted octanol–water partition coefficient (Wildman–Crippen LogP) is 1.13. The Kier molecular flexibility index (Phi) is 11.6. The Balaban J connectivity index is 0.000000443. The van der Waals surface area contributed by atoms with Gasteiger partial charge in [-0.1, -0.05) is 6.07 Å². The molecule has 11 nitrogen and oxygen atoms in total. The van der Waals surface area contributed by atoms with Crippen molar-refractivity contribution in [1.29, 1.82) is 0 Å². The monoisotopic (exact) mass is 537 g/mol. The summed E-state index contributed by atoms with van der Waals surface area (Å²) in [5.41, 5.74) is 1.24. The summed E-state index contributed by atoms with van der Waals surface area (Å²) < 4.78 is 17.1. The first-order valence-corrected chi connectivity index (χ1v) is 13.3. The molecular weight excluding hydrogens is 494 g/mol. The quantitative estimate of drug-likeness (QED) is 0.379. The van der Waals surface area contributed by atoms with Crippen molar-refractivity contribution >= 4 is 11.9 Å². The summed E-state index contributed by atoms with van der Waals surface area (Å²) in [5.74, 6) is 1.05. The van der Waals surface area contributed by atoms with Gasteiger partial charge in [0.05, 0.1) is 20.3 Å². The summed E-state index contributed by atoms with van der Waals surface area (Å²) in [7, 11) is 1.68. The van der Waals surface area contributed by atoms with Crippen LogP contribution in [0.5, 0.6) is 11.5 Å². The lowest BCUT2D eigenvalue weighted by molar-refractivity contribution is -0.135. The number of piperazine rings is 1. The molecule has 1 unspecified atom stereocenters. The highest BCUT2D eigenvalue weighted by Gasteiger charge is 2.37. The molecule has 4 N–H and O–H groups in total. The van der Waals surface area contributed by atoms with Crippen molar-refractivity contribution in [2.24, 2.45) is 11.8 Å². The minimum Gasteiger partial charge on any atom is -0.493 e. The number of carboxylic acid groups (broad SMARTS) is 2. The van der Waals surface area contributed by atoms with E-state index in [9.17, 15) is 5.11 Å². The number of fused-ring (bicyclic) bond motifs is 3. The van der Waals surface area contributed by atoms with E-state index in [1.54, 1.807) is 7.11 Å². The van der Waals surface area contributed by atoms with Crippen LogP contribution in [0.2, 0.25) is 0 Å². The van der Waals surface area contributed by atoms with Gasteiger partial charge in [0.15, 0.2) is 11.5 Å². The number of hydrogen-bond donors (Lipinski definition) is 4. The molecule has 0 spiro atoms. The SMILES string of the molecule is CC(=O)O.CC(=O)O.COc1cc(CN2C[C@H]3CC[C@@H](C2)N3)ccc1OCC(O)CN1C[C@H]2COC[C@H]2C1. The summed E-state index contributed by atoms with van der Waals surface area (Å²) >= 11 is 0. The Labute approximate surface area is 224 Å². The first-order chi connectivity index (χ1) is 18.1. The Hall–Kier alpha value is -2.44. The molecule has 2 bridgehead atoms. The number of ether oxygens (including phenoxy) is 3. The number of carbonyl (C=O) groups is 2. The molecule has 0 amide bonds. The number of β-amino-alcohol motifs (C(OH)–C–C–N with tert-alkyl or cyclic N) is 1. The maximum absolute atomic E-state index is 10.5. The van der Waals surface area contributed by atoms with Crippen molar-refractivity contribution < 1.29 is 39.1 Å². The third-order valence-corrected chi connectivity index (χ3v) is 7.14. The lowest BCUT2D eigenvalue weighted by atomic mass is 10.0. The third kappa shape index (κ3) is 9.70. The number of benzene rings is 1. The van der Waals surface area contributed by atoms with Crippen LogP contribution in [-0.2, 0) is 20.9 Å². The molecule has 0 saturated carbocycles. The highest BCUT2D eigenvalue weighted by atomic mass is 16.5. The molecule has 4 saturated heterocycles. The molecular formula is C27H43N3O8. The maximum atomic E-state index is 10.5. The molecule has 1 aromatic rings. The summed E-state index contributed by atoms with van der Waals surface area (Å²) in [6, 6.07) is 7.48. The number of nitrogens with zero attached hydrogens (tertiary/aromatic N) is 2. The van der Waals surface area contributed by atoms with Crippen molar-refractivity contribution in [3.8, 4) is 11.5 Å². The van der Waals surface area contributed by atoms with E-state index < -0.39 is 18.0 Å². The zero-order valence-electron chi connectivity index (χ0n) is 22.7. The second-order valence-electron chi connectivity index (χ2n) is 10.6. The van der Waals surface area contributed by atoms with Crippen LogP contribution >= 0.6 is 0 Å². The van der Waals surface area contributed by atoms with Gasteiger partial charge in [0.1, 0.15) is 12.7 Å². The van der Waals surface area contributed by atoms with Crippen LogP contribution in [0.15, 0.2) is 18.2 Å². The van der Waals surface area contributed by atoms with Crippen LogP contribution in [0.1, 0.15) is 32.3 Å². The molecule has 5 atom stereocenters. The van der Waals surface area contributed by atoms with E-state index in [0.29, 0.717) is 36.2 Å². The van der Waals surface area contributed by atoms with E-state index in [1.807, 2.05) is 6.07 Å². The molecule has 4 fully saturated rings. The number of aliphatic carboxylic acids is 2. The van der Waals surface area contributed by atoms with Gasteiger partial charge >= 0.3 is 0 Å². The fourth-order valence-corrected chi connectivity index (χ4v) is 5.68. The van der Waals surface area contributed by atoms with Crippen molar-refractivity contribution in [2.75, 3.05) is 59.7 Å². The lowest BCUT2D eigenvalue weighted by Gasteiger charge is -2.32. The van der Waals surface area contributed by atoms with Gasteiger partial charge in [-0.05, 0) is 30.5 Å². The van der Waals surface area contributed by atoms with Gasteiger partial charge < -0.3 is 34.8 Å². The number of nitrogens with one attached hydrogen (secondary N) is 1. The van der Waals surface area contributed by atoms with E-state index in [2.05, 4.69) is 27.2 Å². The Bertz CT molecular complexity index is 872. The van der Waals surface area contributed by atoms with E-state index in [0.717, 1.165) is 65.5 Å². The summed E-state index contributed by atoms with van der Waals surface area (Å²) in [5, 5.41) is 29.0. The molecule has 4 aliphatic heterocycles. The third-order valence-electron chi connectivity index (χ3n) is 7.14. The van der Waals surface area contributed by atoms with Crippen LogP contribution in [0.25, 0.3) is 0 Å². The maximum Gasteiger partial charge on any atom is 0.300 e. The minimum atomic E-state index is -0.833. The molecule has 1 aromatic carbocycles. The van der Waals surface area contributed by atoms with Crippen molar-refractivity contribution in [1.82, 2.24) is 15.1 Å². The lowest BCUT2D eigenvalue weighted by Crippen LogP contribution is -2.50. The molecule has 4 aliphatic rings. The molecule has 5 rings (SSSR count). The van der Waals surface area contributed by atoms with Crippen LogP contribution in [0, 0.1) is 11.8 Å². The van der Waals surface area contributed by atoms with Crippen LogP contribution in [0.4, 0.5) is 0 Å². The van der Waals surface area contributed by atoms with Gasteiger partial charge in [-0.25, -0.2) is 0 Å². The Morgan fingerprint density at radius 2 is 1.58 bits per heavy atom. The molecule has 38 heavy (non-hydrogen) atoms. The number of likely N-dealkylation sites (tertiary alicyclic amines) is 2. The first-order valence-electron chi connectivity index (χ1n) is 13.3. The molecule has 0 aliphatic carbocycles. The number of aliphatic hydroxyl groups excluding tert-OH is 1. The standard InChI is InChI=1S/C23H35N3O4.2C2H4O2/c1-28-23-6-16(7-25-10-19-3-4-20(11-25)24-19)2-5-22(23)30-15-21(27)12-26-8-17-13-29-14-18(17)9-26;2*1-2(3)4/h2,5-6,17-21,24,27H,3-4,7-15H2,1H3;2*1H3,(H,3,4)/t17-,18+,19-,20+,21?;;. The molecule has 0 aromatic heterocycles. The van der Waals surface area contributed by atoms with E-state index >= 15 is 0 Å². The van der Waals surface area contributed by atoms with Crippen molar-refractivity contribution in [3.63, 3.8) is 0 Å². The largest absolute Gasteiger partial charge is 0.493 e. The van der Waals surface area contributed by atoms with E-state index in [4.69, 9.17) is 34.0 Å². The number of aliphatic hydroxyl groups is 1. The number of methoxy groups -OCH3 is 1. The number of hydrogen-bond acceptors (Lipinski definition) is 9. The number of carboxylic acids is 2. The van der Waals surface area contributed by atoms with Gasteiger partial charge in [-0.3, -0.25) is 19.4 Å². The van der Waals surface area contributed by atoms with Crippen LogP contribution < -0.4 is 14.8 Å². The first kappa shape index (κ1) is 30.1. The summed E-state index contributed by atoms with van der Waals surface area (Å²) in [6.07, 6.45) is 2.09. The summed E-state index contributed by atoms with van der Waals surface area (Å²) in [4.78, 5) is 22.9. The highest BCUT2D eigenvalue weighted by Crippen LogP contribution is 2.31.